The molecular weight excluding hydrogens is 230 g/mol. The van der Waals surface area contributed by atoms with Gasteiger partial charge in [-0.05, 0) is 24.8 Å². The Morgan fingerprint density at radius 3 is 2.58 bits per heavy atom. The highest BCUT2D eigenvalue weighted by molar-refractivity contribution is 5.33. The summed E-state index contributed by atoms with van der Waals surface area (Å²) in [6.07, 6.45) is 6.80. The van der Waals surface area contributed by atoms with Crippen molar-refractivity contribution in [3.8, 4) is 0 Å². The van der Waals surface area contributed by atoms with Crippen molar-refractivity contribution in [2.24, 2.45) is 5.92 Å². The van der Waals surface area contributed by atoms with Gasteiger partial charge in [-0.2, -0.15) is 0 Å². The summed E-state index contributed by atoms with van der Waals surface area (Å²) in [6.45, 7) is 9.19. The normalized spacial score (nSPS) is 18.9. The Morgan fingerprint density at radius 1 is 1.26 bits per heavy atom. The number of unbranched alkanes of at least 4 members (excludes halogenated alkanes) is 1. The number of aryl methyl sites for hydroxylation is 1. The topological polar surface area (TPSA) is 12.0 Å². The fourth-order valence-corrected chi connectivity index (χ4v) is 3.36. The minimum Gasteiger partial charge on any atom is -0.315 e. The predicted molar refractivity (Wildman–Crippen MR) is 83.6 cm³/mol. The first kappa shape index (κ1) is 14.6. The average molecular weight is 259 g/mol. The smallest absolute Gasteiger partial charge is 0.0205 e. The minimum atomic E-state index is 0.417. The lowest BCUT2D eigenvalue weighted by molar-refractivity contribution is 0.206. The van der Waals surface area contributed by atoms with Gasteiger partial charge in [-0.25, -0.2) is 0 Å². The van der Waals surface area contributed by atoms with E-state index < -0.39 is 0 Å². The Hall–Kier alpha value is -0.820. The molecule has 0 spiro atoms. The van der Waals surface area contributed by atoms with Crippen LogP contribution in [0, 0.1) is 12.8 Å². The van der Waals surface area contributed by atoms with Crippen LogP contribution in [0.4, 0.5) is 0 Å². The predicted octanol–water partition coefficient (Wildman–Crippen LogP) is 4.44. The van der Waals surface area contributed by atoms with Crippen LogP contribution in [0.3, 0.4) is 0 Å². The second-order valence-corrected chi connectivity index (χ2v) is 6.37. The lowest BCUT2D eigenvalue weighted by atomic mass is 9.68. The molecule has 1 aromatic carbocycles. The largest absolute Gasteiger partial charge is 0.315 e. The molecule has 0 amide bonds. The Balaban J connectivity index is 2.09. The molecule has 1 heteroatoms. The van der Waals surface area contributed by atoms with E-state index in [0.717, 1.165) is 5.92 Å². The van der Waals surface area contributed by atoms with E-state index in [2.05, 4.69) is 50.4 Å². The van der Waals surface area contributed by atoms with Crippen LogP contribution in [0.2, 0.25) is 0 Å². The summed E-state index contributed by atoms with van der Waals surface area (Å²) >= 11 is 0. The fraction of sp³-hybridized carbons (Fsp3) is 0.667. The summed E-state index contributed by atoms with van der Waals surface area (Å²) in [5.74, 6) is 0.891. The van der Waals surface area contributed by atoms with Gasteiger partial charge in [-0.1, -0.05) is 69.4 Å². The molecule has 1 fully saturated rings. The van der Waals surface area contributed by atoms with Crippen molar-refractivity contribution in [1.29, 1.82) is 0 Å². The van der Waals surface area contributed by atoms with Crippen molar-refractivity contribution in [3.05, 3.63) is 35.4 Å². The molecule has 1 unspecified atom stereocenters. The van der Waals surface area contributed by atoms with Gasteiger partial charge in [0.15, 0.2) is 0 Å². The summed E-state index contributed by atoms with van der Waals surface area (Å²) in [7, 11) is 0. The minimum absolute atomic E-state index is 0.417. The Labute approximate surface area is 118 Å². The number of rotatable bonds is 7. The molecule has 1 saturated heterocycles. The van der Waals surface area contributed by atoms with Crippen LogP contribution >= 0.6 is 0 Å². The SMILES string of the molecule is CCCCC(CC)CC1(c2cccc(C)c2)CNC1. The van der Waals surface area contributed by atoms with Crippen molar-refractivity contribution < 1.29 is 0 Å². The first-order chi connectivity index (χ1) is 9.20. The molecule has 2 rings (SSSR count). The number of benzene rings is 1. The number of nitrogens with one attached hydrogen (secondary N) is 1. The van der Waals surface area contributed by atoms with E-state index in [4.69, 9.17) is 0 Å². The average Bonchev–Trinajstić information content (AvgIpc) is 2.37. The van der Waals surface area contributed by atoms with E-state index in [1.54, 1.807) is 5.56 Å². The third-order valence-electron chi connectivity index (χ3n) is 4.78. The number of hydrogen-bond donors (Lipinski definition) is 1. The summed E-state index contributed by atoms with van der Waals surface area (Å²) in [4.78, 5) is 0. The van der Waals surface area contributed by atoms with Gasteiger partial charge in [0.05, 0.1) is 0 Å². The molecule has 0 bridgehead atoms. The maximum atomic E-state index is 3.51. The molecule has 0 saturated carbocycles. The van der Waals surface area contributed by atoms with Gasteiger partial charge in [0, 0.05) is 18.5 Å². The summed E-state index contributed by atoms with van der Waals surface area (Å²) in [6, 6.07) is 9.16. The van der Waals surface area contributed by atoms with Gasteiger partial charge >= 0.3 is 0 Å². The molecule has 106 valence electrons. The van der Waals surface area contributed by atoms with Crippen molar-refractivity contribution in [3.63, 3.8) is 0 Å². The summed E-state index contributed by atoms with van der Waals surface area (Å²) < 4.78 is 0. The molecule has 1 N–H and O–H groups in total. The van der Waals surface area contributed by atoms with E-state index in [1.807, 2.05) is 0 Å². The van der Waals surface area contributed by atoms with E-state index >= 15 is 0 Å². The molecule has 1 atom stereocenters. The molecule has 19 heavy (non-hydrogen) atoms. The maximum Gasteiger partial charge on any atom is 0.0205 e. The van der Waals surface area contributed by atoms with Crippen LogP contribution in [0.1, 0.15) is 57.1 Å². The van der Waals surface area contributed by atoms with Crippen molar-refractivity contribution in [1.82, 2.24) is 5.32 Å². The third kappa shape index (κ3) is 3.39. The van der Waals surface area contributed by atoms with Gasteiger partial charge in [0.2, 0.25) is 0 Å². The van der Waals surface area contributed by atoms with Crippen molar-refractivity contribution >= 4 is 0 Å². The Bertz CT molecular complexity index is 392. The molecular formula is C18H29N. The summed E-state index contributed by atoms with van der Waals surface area (Å²) in [5, 5.41) is 3.51. The van der Waals surface area contributed by atoms with E-state index in [9.17, 15) is 0 Å². The molecule has 0 aliphatic carbocycles. The fourth-order valence-electron chi connectivity index (χ4n) is 3.36. The first-order valence-corrected chi connectivity index (χ1v) is 7.98. The Morgan fingerprint density at radius 2 is 2.05 bits per heavy atom. The molecule has 1 aromatic rings. The molecule has 1 aliphatic heterocycles. The van der Waals surface area contributed by atoms with Crippen molar-refractivity contribution in [2.45, 2.75) is 58.3 Å². The lowest BCUT2D eigenvalue weighted by Gasteiger charge is -2.45. The van der Waals surface area contributed by atoms with Gasteiger partial charge in [-0.3, -0.25) is 0 Å². The van der Waals surface area contributed by atoms with E-state index in [0.29, 0.717) is 5.41 Å². The van der Waals surface area contributed by atoms with Crippen LogP contribution in [0.5, 0.6) is 0 Å². The van der Waals surface area contributed by atoms with Crippen LogP contribution < -0.4 is 5.32 Å². The van der Waals surface area contributed by atoms with E-state index in [1.165, 1.54) is 50.8 Å². The summed E-state index contributed by atoms with van der Waals surface area (Å²) in [5.41, 5.74) is 3.37. The zero-order valence-corrected chi connectivity index (χ0v) is 12.8. The van der Waals surface area contributed by atoms with Gasteiger partial charge in [0.1, 0.15) is 0 Å². The van der Waals surface area contributed by atoms with Gasteiger partial charge in [-0.15, -0.1) is 0 Å². The molecule has 1 aliphatic rings. The van der Waals surface area contributed by atoms with Crippen LogP contribution in [0.15, 0.2) is 24.3 Å². The third-order valence-corrected chi connectivity index (χ3v) is 4.78. The highest BCUT2D eigenvalue weighted by Crippen LogP contribution is 2.37. The van der Waals surface area contributed by atoms with Crippen LogP contribution in [-0.4, -0.2) is 13.1 Å². The van der Waals surface area contributed by atoms with E-state index in [-0.39, 0.29) is 0 Å². The zero-order chi connectivity index (χ0) is 13.7. The quantitative estimate of drug-likeness (QED) is 0.763. The zero-order valence-electron chi connectivity index (χ0n) is 12.8. The van der Waals surface area contributed by atoms with Crippen molar-refractivity contribution in [2.75, 3.05) is 13.1 Å². The molecule has 1 nitrogen and oxygen atoms in total. The lowest BCUT2D eigenvalue weighted by Crippen LogP contribution is -2.57. The standard InChI is InChI=1S/C18H29N/c1-4-6-9-16(5-2)12-18(13-19-14-18)17-10-7-8-15(3)11-17/h7-8,10-11,16,19H,4-6,9,12-14H2,1-3H3. The van der Waals surface area contributed by atoms with Gasteiger partial charge < -0.3 is 5.32 Å². The monoisotopic (exact) mass is 259 g/mol. The number of hydrogen-bond acceptors (Lipinski definition) is 1. The van der Waals surface area contributed by atoms with Crippen LogP contribution in [0.25, 0.3) is 0 Å². The first-order valence-electron chi connectivity index (χ1n) is 7.98. The highest BCUT2D eigenvalue weighted by Gasteiger charge is 2.39. The molecule has 0 radical (unpaired) electrons. The van der Waals surface area contributed by atoms with Gasteiger partial charge in [0.25, 0.3) is 0 Å². The molecule has 1 heterocycles. The second-order valence-electron chi connectivity index (χ2n) is 6.37. The van der Waals surface area contributed by atoms with Crippen LogP contribution in [-0.2, 0) is 5.41 Å². The Kier molecular flexibility index (Phi) is 5.04. The molecule has 0 aromatic heterocycles. The highest BCUT2D eigenvalue weighted by atomic mass is 15.0. The second kappa shape index (κ2) is 6.56. The maximum absolute atomic E-state index is 3.51.